The molecule has 6 heteroatoms. The van der Waals surface area contributed by atoms with E-state index < -0.39 is 11.9 Å². The van der Waals surface area contributed by atoms with E-state index in [4.69, 9.17) is 0 Å². The molecule has 1 aliphatic heterocycles. The van der Waals surface area contributed by atoms with Gasteiger partial charge in [0.25, 0.3) is 5.91 Å². The van der Waals surface area contributed by atoms with Crippen LogP contribution in [-0.4, -0.2) is 52.8 Å². The van der Waals surface area contributed by atoms with Gasteiger partial charge < -0.3 is 14.9 Å². The van der Waals surface area contributed by atoms with Crippen LogP contribution in [0.1, 0.15) is 36.7 Å². The molecule has 2 atom stereocenters. The fourth-order valence-corrected chi connectivity index (χ4v) is 3.18. The lowest BCUT2D eigenvalue weighted by atomic mass is 9.99. The van der Waals surface area contributed by atoms with Crippen LogP contribution in [0.3, 0.4) is 0 Å². The fourth-order valence-electron chi connectivity index (χ4n) is 3.18. The van der Waals surface area contributed by atoms with Gasteiger partial charge >= 0.3 is 5.97 Å². The Hall–Kier alpha value is -2.37. The van der Waals surface area contributed by atoms with Crippen LogP contribution in [0.5, 0.6) is 0 Å². The topological polar surface area (TPSA) is 77.9 Å². The maximum absolute atomic E-state index is 12.6. The van der Waals surface area contributed by atoms with Crippen molar-refractivity contribution in [3.05, 3.63) is 35.4 Å². The van der Waals surface area contributed by atoms with Crippen LogP contribution >= 0.6 is 0 Å². The van der Waals surface area contributed by atoms with E-state index in [1.54, 1.807) is 29.0 Å². The summed E-state index contributed by atoms with van der Waals surface area (Å²) < 4.78 is 0. The molecule has 25 heavy (non-hydrogen) atoms. The molecule has 0 unspecified atom stereocenters. The average Bonchev–Trinajstić information content (AvgIpc) is 2.96. The quantitative estimate of drug-likeness (QED) is 0.885. The summed E-state index contributed by atoms with van der Waals surface area (Å²) in [5.74, 6) is -1.52. The molecule has 1 aromatic carbocycles. The van der Waals surface area contributed by atoms with Gasteiger partial charge in [-0.3, -0.25) is 14.4 Å². The first-order valence-electron chi connectivity index (χ1n) is 8.56. The number of carboxylic acid groups (broad SMARTS) is 1. The second-order valence-corrected chi connectivity index (χ2v) is 7.18. The summed E-state index contributed by atoms with van der Waals surface area (Å²) >= 11 is 0. The van der Waals surface area contributed by atoms with Crippen LogP contribution in [-0.2, 0) is 16.1 Å². The number of amides is 2. The number of rotatable bonds is 5. The summed E-state index contributed by atoms with van der Waals surface area (Å²) in [5, 5.41) is 9.19. The largest absolute Gasteiger partial charge is 0.481 e. The average molecular weight is 346 g/mol. The standard InChI is InChI=1S/C19H26N2O4/c1-12(2)17(22)20(4)10-14-5-7-15(8-6-14)18(23)21-9-13(3)16(11-21)19(24)25/h5-8,12-13,16H,9-11H2,1-4H3,(H,24,25)/t13-,16-/m1/s1. The van der Waals surface area contributed by atoms with E-state index in [-0.39, 0.29) is 30.2 Å². The van der Waals surface area contributed by atoms with Gasteiger partial charge in [-0.2, -0.15) is 0 Å². The van der Waals surface area contributed by atoms with Gasteiger partial charge in [0.1, 0.15) is 0 Å². The molecule has 0 saturated carbocycles. The van der Waals surface area contributed by atoms with Crippen molar-refractivity contribution in [3.63, 3.8) is 0 Å². The molecule has 6 nitrogen and oxygen atoms in total. The van der Waals surface area contributed by atoms with Crippen LogP contribution in [0.25, 0.3) is 0 Å². The lowest BCUT2D eigenvalue weighted by Gasteiger charge is -2.20. The number of carbonyl (C=O) groups is 3. The summed E-state index contributed by atoms with van der Waals surface area (Å²) in [6.07, 6.45) is 0. The van der Waals surface area contributed by atoms with Gasteiger partial charge in [-0.15, -0.1) is 0 Å². The molecular formula is C19H26N2O4. The molecular weight excluding hydrogens is 320 g/mol. The summed E-state index contributed by atoms with van der Waals surface area (Å²) in [6.45, 7) is 6.79. The molecule has 2 rings (SSSR count). The highest BCUT2D eigenvalue weighted by Gasteiger charge is 2.37. The van der Waals surface area contributed by atoms with Crippen LogP contribution in [0.4, 0.5) is 0 Å². The van der Waals surface area contributed by atoms with Crippen LogP contribution in [0, 0.1) is 17.8 Å². The molecule has 1 N–H and O–H groups in total. The van der Waals surface area contributed by atoms with Gasteiger partial charge in [0.2, 0.25) is 5.91 Å². The highest BCUT2D eigenvalue weighted by molar-refractivity contribution is 5.95. The van der Waals surface area contributed by atoms with Crippen LogP contribution in [0.2, 0.25) is 0 Å². The van der Waals surface area contributed by atoms with Gasteiger partial charge in [0, 0.05) is 38.2 Å². The molecule has 0 aromatic heterocycles. The molecule has 136 valence electrons. The minimum atomic E-state index is -0.851. The monoisotopic (exact) mass is 346 g/mol. The van der Waals surface area contributed by atoms with Crippen LogP contribution < -0.4 is 0 Å². The third-order valence-corrected chi connectivity index (χ3v) is 4.71. The smallest absolute Gasteiger partial charge is 0.308 e. The minimum absolute atomic E-state index is 0.0450. The fraction of sp³-hybridized carbons (Fsp3) is 0.526. The predicted molar refractivity (Wildman–Crippen MR) is 93.9 cm³/mol. The Kier molecular flexibility index (Phi) is 5.82. The van der Waals surface area contributed by atoms with Gasteiger partial charge in [0.05, 0.1) is 5.92 Å². The summed E-state index contributed by atoms with van der Waals surface area (Å²) in [5.41, 5.74) is 1.49. The Balaban J connectivity index is 2.01. The van der Waals surface area contributed by atoms with Crippen molar-refractivity contribution in [1.82, 2.24) is 9.80 Å². The van der Waals surface area contributed by atoms with Crippen molar-refractivity contribution in [2.24, 2.45) is 17.8 Å². The molecule has 1 saturated heterocycles. The number of nitrogens with zero attached hydrogens (tertiary/aromatic N) is 2. The van der Waals surface area contributed by atoms with E-state index in [9.17, 15) is 19.5 Å². The van der Waals surface area contributed by atoms with Crippen molar-refractivity contribution in [1.29, 1.82) is 0 Å². The summed E-state index contributed by atoms with van der Waals surface area (Å²) in [4.78, 5) is 39.0. The summed E-state index contributed by atoms with van der Waals surface area (Å²) in [7, 11) is 1.76. The lowest BCUT2D eigenvalue weighted by molar-refractivity contribution is -0.142. The molecule has 1 fully saturated rings. The summed E-state index contributed by atoms with van der Waals surface area (Å²) in [6, 6.07) is 7.16. The van der Waals surface area contributed by atoms with Crippen molar-refractivity contribution in [3.8, 4) is 0 Å². The first-order valence-corrected chi connectivity index (χ1v) is 8.56. The van der Waals surface area contributed by atoms with Crippen molar-refractivity contribution >= 4 is 17.8 Å². The number of aliphatic carboxylic acids is 1. The van der Waals surface area contributed by atoms with Gasteiger partial charge in [-0.25, -0.2) is 0 Å². The number of carbonyl (C=O) groups excluding carboxylic acids is 2. The normalized spacial score (nSPS) is 20.0. The Morgan fingerprint density at radius 1 is 1.20 bits per heavy atom. The van der Waals surface area contributed by atoms with Gasteiger partial charge in [-0.05, 0) is 23.6 Å². The van der Waals surface area contributed by atoms with E-state index in [2.05, 4.69) is 0 Å². The zero-order valence-corrected chi connectivity index (χ0v) is 15.2. The third kappa shape index (κ3) is 4.38. The maximum atomic E-state index is 12.6. The Morgan fingerprint density at radius 2 is 1.80 bits per heavy atom. The highest BCUT2D eigenvalue weighted by atomic mass is 16.4. The molecule has 0 spiro atoms. The number of hydrogen-bond acceptors (Lipinski definition) is 3. The van der Waals surface area contributed by atoms with E-state index in [1.807, 2.05) is 32.9 Å². The SMILES string of the molecule is CC(C)C(=O)N(C)Cc1ccc(C(=O)N2C[C@@H](C)[C@H](C(=O)O)C2)cc1. The molecule has 0 aliphatic carbocycles. The van der Waals surface area contributed by atoms with Crippen molar-refractivity contribution in [2.75, 3.05) is 20.1 Å². The van der Waals surface area contributed by atoms with E-state index in [1.165, 1.54) is 0 Å². The molecule has 1 heterocycles. The molecule has 2 amide bonds. The number of hydrogen-bond donors (Lipinski definition) is 1. The number of benzene rings is 1. The first kappa shape index (κ1) is 19.0. The van der Waals surface area contributed by atoms with E-state index in [0.717, 1.165) is 5.56 Å². The Labute approximate surface area is 148 Å². The van der Waals surface area contributed by atoms with Crippen molar-refractivity contribution in [2.45, 2.75) is 27.3 Å². The zero-order chi connectivity index (χ0) is 18.7. The van der Waals surface area contributed by atoms with Crippen LogP contribution in [0.15, 0.2) is 24.3 Å². The number of carboxylic acids is 1. The van der Waals surface area contributed by atoms with E-state index in [0.29, 0.717) is 18.7 Å². The molecule has 1 aromatic rings. The number of likely N-dealkylation sites (tertiary alicyclic amines) is 1. The van der Waals surface area contributed by atoms with Crippen molar-refractivity contribution < 1.29 is 19.5 Å². The third-order valence-electron chi connectivity index (χ3n) is 4.71. The second-order valence-electron chi connectivity index (χ2n) is 7.18. The Bertz CT molecular complexity index is 654. The maximum Gasteiger partial charge on any atom is 0.308 e. The molecule has 0 radical (unpaired) electrons. The highest BCUT2D eigenvalue weighted by Crippen LogP contribution is 2.24. The molecule has 0 bridgehead atoms. The first-order chi connectivity index (χ1) is 11.7. The second kappa shape index (κ2) is 7.68. The Morgan fingerprint density at radius 3 is 2.28 bits per heavy atom. The molecule has 1 aliphatic rings. The van der Waals surface area contributed by atoms with E-state index >= 15 is 0 Å². The lowest BCUT2D eigenvalue weighted by Crippen LogP contribution is -2.30. The van der Waals surface area contributed by atoms with Gasteiger partial charge in [-0.1, -0.05) is 32.9 Å². The van der Waals surface area contributed by atoms with Gasteiger partial charge in [0.15, 0.2) is 0 Å². The predicted octanol–water partition coefficient (Wildman–Crippen LogP) is 2.09. The zero-order valence-electron chi connectivity index (χ0n) is 15.2. The minimum Gasteiger partial charge on any atom is -0.481 e.